The SMILES string of the molecule is O=P(OCc1ccccc1)(OCc1ccccc1)OC1CCNCC1. The molecular weight excluding hydrogens is 337 g/mol. The van der Waals surface area contributed by atoms with Crippen molar-refractivity contribution < 1.29 is 18.1 Å². The van der Waals surface area contributed by atoms with Crippen LogP contribution in [0.3, 0.4) is 0 Å². The fourth-order valence-corrected chi connectivity index (χ4v) is 4.02. The number of piperidine rings is 1. The maximum absolute atomic E-state index is 13.1. The molecule has 2 aromatic rings. The highest BCUT2D eigenvalue weighted by atomic mass is 31.2. The highest BCUT2D eigenvalue weighted by molar-refractivity contribution is 7.48. The molecule has 0 atom stereocenters. The van der Waals surface area contributed by atoms with Crippen LogP contribution in [-0.2, 0) is 31.4 Å². The Bertz CT molecular complexity index is 627. The lowest BCUT2D eigenvalue weighted by Gasteiger charge is -2.27. The fraction of sp³-hybridized carbons (Fsp3) is 0.368. The topological polar surface area (TPSA) is 56.8 Å². The smallest absolute Gasteiger partial charge is 0.317 e. The zero-order chi connectivity index (χ0) is 17.4. The molecule has 0 bridgehead atoms. The van der Waals surface area contributed by atoms with Crippen molar-refractivity contribution in [3.63, 3.8) is 0 Å². The Morgan fingerprint density at radius 3 is 1.80 bits per heavy atom. The van der Waals surface area contributed by atoms with Crippen molar-refractivity contribution in [1.29, 1.82) is 0 Å². The standard InChI is InChI=1S/C19H24NO4P/c21-25(24-19-11-13-20-14-12-19,22-15-17-7-3-1-4-8-17)23-16-18-9-5-2-6-10-18/h1-10,19-20H,11-16H2. The number of hydrogen-bond acceptors (Lipinski definition) is 5. The number of phosphoric ester groups is 1. The van der Waals surface area contributed by atoms with Gasteiger partial charge in [-0.25, -0.2) is 4.57 Å². The van der Waals surface area contributed by atoms with E-state index < -0.39 is 7.82 Å². The molecule has 1 aliphatic heterocycles. The van der Waals surface area contributed by atoms with Crippen LogP contribution < -0.4 is 5.32 Å². The van der Waals surface area contributed by atoms with Crippen molar-refractivity contribution in [2.45, 2.75) is 32.2 Å². The third-order valence-electron chi connectivity index (χ3n) is 4.03. The molecule has 1 fully saturated rings. The number of nitrogens with one attached hydrogen (secondary N) is 1. The lowest BCUT2D eigenvalue weighted by atomic mass is 10.1. The summed E-state index contributed by atoms with van der Waals surface area (Å²) in [6.07, 6.45) is 1.49. The zero-order valence-corrected chi connectivity index (χ0v) is 15.1. The third-order valence-corrected chi connectivity index (χ3v) is 5.48. The van der Waals surface area contributed by atoms with E-state index in [0.29, 0.717) is 0 Å². The van der Waals surface area contributed by atoms with Gasteiger partial charge in [-0.05, 0) is 37.1 Å². The van der Waals surface area contributed by atoms with E-state index >= 15 is 0 Å². The second kappa shape index (κ2) is 9.27. The zero-order valence-electron chi connectivity index (χ0n) is 14.2. The number of hydrogen-bond donors (Lipinski definition) is 1. The van der Waals surface area contributed by atoms with Gasteiger partial charge in [-0.15, -0.1) is 0 Å². The van der Waals surface area contributed by atoms with E-state index in [0.717, 1.165) is 37.1 Å². The van der Waals surface area contributed by atoms with Gasteiger partial charge in [0.25, 0.3) is 0 Å². The van der Waals surface area contributed by atoms with Gasteiger partial charge in [0.15, 0.2) is 0 Å². The fourth-order valence-electron chi connectivity index (χ4n) is 2.64. The lowest BCUT2D eigenvalue weighted by molar-refractivity contribution is 0.0577. The van der Waals surface area contributed by atoms with E-state index in [-0.39, 0.29) is 19.3 Å². The van der Waals surface area contributed by atoms with E-state index in [9.17, 15) is 4.57 Å². The van der Waals surface area contributed by atoms with Crippen molar-refractivity contribution in [2.24, 2.45) is 0 Å². The largest absolute Gasteiger partial charge is 0.475 e. The second-order valence-electron chi connectivity index (χ2n) is 6.02. The summed E-state index contributed by atoms with van der Waals surface area (Å²) in [7, 11) is -3.65. The monoisotopic (exact) mass is 361 g/mol. The first-order valence-electron chi connectivity index (χ1n) is 8.60. The molecule has 0 aromatic heterocycles. The maximum atomic E-state index is 13.1. The summed E-state index contributed by atoms with van der Waals surface area (Å²) in [5.74, 6) is 0. The normalized spacial score (nSPS) is 16.0. The highest BCUT2D eigenvalue weighted by Gasteiger charge is 2.32. The van der Waals surface area contributed by atoms with E-state index in [2.05, 4.69) is 5.32 Å². The van der Waals surface area contributed by atoms with E-state index in [1.807, 2.05) is 60.7 Å². The van der Waals surface area contributed by atoms with Gasteiger partial charge in [0.05, 0.1) is 19.3 Å². The molecule has 0 spiro atoms. The van der Waals surface area contributed by atoms with E-state index in [4.69, 9.17) is 13.6 Å². The Hall–Kier alpha value is -1.49. The maximum Gasteiger partial charge on any atom is 0.475 e. The summed E-state index contributed by atoms with van der Waals surface area (Å²) in [5, 5.41) is 3.26. The molecule has 0 unspecified atom stereocenters. The Balaban J connectivity index is 1.64. The summed E-state index contributed by atoms with van der Waals surface area (Å²) in [6, 6.07) is 19.2. The number of phosphoric acid groups is 1. The highest BCUT2D eigenvalue weighted by Crippen LogP contribution is 2.52. The van der Waals surface area contributed by atoms with Crippen LogP contribution in [0.15, 0.2) is 60.7 Å². The molecule has 1 N–H and O–H groups in total. The van der Waals surface area contributed by atoms with Gasteiger partial charge in [-0.3, -0.25) is 13.6 Å². The van der Waals surface area contributed by atoms with Crippen LogP contribution in [0.5, 0.6) is 0 Å². The van der Waals surface area contributed by atoms with Gasteiger partial charge in [0.2, 0.25) is 0 Å². The van der Waals surface area contributed by atoms with Crippen LogP contribution in [0.2, 0.25) is 0 Å². The van der Waals surface area contributed by atoms with Gasteiger partial charge >= 0.3 is 7.82 Å². The first kappa shape index (κ1) is 18.3. The molecule has 0 amide bonds. The van der Waals surface area contributed by atoms with Crippen molar-refractivity contribution in [1.82, 2.24) is 5.32 Å². The first-order valence-corrected chi connectivity index (χ1v) is 10.1. The van der Waals surface area contributed by atoms with Crippen LogP contribution in [0.1, 0.15) is 24.0 Å². The quantitative estimate of drug-likeness (QED) is 0.711. The van der Waals surface area contributed by atoms with Crippen molar-refractivity contribution in [3.05, 3.63) is 71.8 Å². The summed E-state index contributed by atoms with van der Waals surface area (Å²) in [4.78, 5) is 0. The molecule has 134 valence electrons. The van der Waals surface area contributed by atoms with E-state index in [1.54, 1.807) is 0 Å². The molecule has 1 heterocycles. The minimum atomic E-state index is -3.65. The van der Waals surface area contributed by atoms with Crippen LogP contribution in [0.25, 0.3) is 0 Å². The van der Waals surface area contributed by atoms with Crippen LogP contribution in [0, 0.1) is 0 Å². The van der Waals surface area contributed by atoms with Gasteiger partial charge in [-0.2, -0.15) is 0 Å². The Morgan fingerprint density at radius 1 is 0.840 bits per heavy atom. The second-order valence-corrected chi connectivity index (χ2v) is 7.64. The Morgan fingerprint density at radius 2 is 1.32 bits per heavy atom. The first-order chi connectivity index (χ1) is 12.2. The average Bonchev–Trinajstić information content (AvgIpc) is 2.68. The molecule has 5 nitrogen and oxygen atoms in total. The number of rotatable bonds is 8. The minimum Gasteiger partial charge on any atom is -0.317 e. The molecule has 25 heavy (non-hydrogen) atoms. The predicted molar refractivity (Wildman–Crippen MR) is 97.0 cm³/mol. The van der Waals surface area contributed by atoms with Crippen molar-refractivity contribution in [3.8, 4) is 0 Å². The molecule has 0 aliphatic carbocycles. The molecule has 1 saturated heterocycles. The molecule has 2 aromatic carbocycles. The van der Waals surface area contributed by atoms with Crippen molar-refractivity contribution in [2.75, 3.05) is 13.1 Å². The van der Waals surface area contributed by atoms with Gasteiger partial charge in [0, 0.05) is 0 Å². The molecular formula is C19H24NO4P. The molecule has 1 aliphatic rings. The number of benzene rings is 2. The third kappa shape index (κ3) is 6.07. The average molecular weight is 361 g/mol. The molecule has 6 heteroatoms. The van der Waals surface area contributed by atoms with Crippen LogP contribution >= 0.6 is 7.82 Å². The summed E-state index contributed by atoms with van der Waals surface area (Å²) < 4.78 is 30.2. The Labute approximate surface area is 148 Å². The summed E-state index contributed by atoms with van der Waals surface area (Å²) >= 11 is 0. The van der Waals surface area contributed by atoms with Gasteiger partial charge in [0.1, 0.15) is 0 Å². The summed E-state index contributed by atoms with van der Waals surface area (Å²) in [6.45, 7) is 2.08. The van der Waals surface area contributed by atoms with Gasteiger partial charge in [-0.1, -0.05) is 60.7 Å². The van der Waals surface area contributed by atoms with Crippen LogP contribution in [-0.4, -0.2) is 19.2 Å². The minimum absolute atomic E-state index is 0.112. The van der Waals surface area contributed by atoms with E-state index in [1.165, 1.54) is 0 Å². The molecule has 0 radical (unpaired) electrons. The van der Waals surface area contributed by atoms with Crippen LogP contribution in [0.4, 0.5) is 0 Å². The van der Waals surface area contributed by atoms with Crippen molar-refractivity contribution >= 4 is 7.82 Å². The summed E-state index contributed by atoms with van der Waals surface area (Å²) in [5.41, 5.74) is 1.86. The Kier molecular flexibility index (Phi) is 6.79. The predicted octanol–water partition coefficient (Wildman–Crippen LogP) is 4.30. The lowest BCUT2D eigenvalue weighted by Crippen LogP contribution is -2.32. The van der Waals surface area contributed by atoms with Gasteiger partial charge < -0.3 is 5.32 Å². The molecule has 3 rings (SSSR count). The molecule has 0 saturated carbocycles.